The molecule has 0 saturated heterocycles. The molecule has 1 N–H and O–H groups in total. The van der Waals surface area contributed by atoms with Crippen molar-refractivity contribution in [3.63, 3.8) is 0 Å². The Morgan fingerprint density at radius 2 is 1.90 bits per heavy atom. The van der Waals surface area contributed by atoms with Crippen LogP contribution in [0.5, 0.6) is 11.5 Å². The monoisotopic (exact) mass is 404 g/mol. The van der Waals surface area contributed by atoms with Gasteiger partial charge in [-0.2, -0.15) is 5.26 Å². The Hall–Kier alpha value is -4.05. The number of rotatable bonds is 6. The van der Waals surface area contributed by atoms with Gasteiger partial charge in [-0.15, -0.1) is 0 Å². The van der Waals surface area contributed by atoms with Crippen LogP contribution >= 0.6 is 0 Å². The largest absolute Gasteiger partial charge is 0.493 e. The van der Waals surface area contributed by atoms with Crippen molar-refractivity contribution in [1.82, 2.24) is 5.32 Å². The number of methoxy groups -OCH3 is 1. The van der Waals surface area contributed by atoms with Crippen molar-refractivity contribution in [2.24, 2.45) is 0 Å². The molecule has 7 heteroatoms. The van der Waals surface area contributed by atoms with Crippen molar-refractivity contribution in [3.8, 4) is 17.6 Å². The zero-order valence-corrected chi connectivity index (χ0v) is 16.8. The average molecular weight is 404 g/mol. The van der Waals surface area contributed by atoms with Crippen molar-refractivity contribution < 1.29 is 23.5 Å². The fourth-order valence-electron chi connectivity index (χ4n) is 2.75. The molecule has 1 heterocycles. The van der Waals surface area contributed by atoms with Crippen molar-refractivity contribution >= 4 is 28.9 Å². The van der Waals surface area contributed by atoms with Gasteiger partial charge in [0, 0.05) is 11.4 Å². The normalized spacial score (nSPS) is 11.2. The molecule has 0 radical (unpaired) electrons. The Labute approximate surface area is 173 Å². The number of amides is 1. The lowest BCUT2D eigenvalue weighted by molar-refractivity contribution is -0.117. The average Bonchev–Trinajstić information content (AvgIpc) is 3.16. The van der Waals surface area contributed by atoms with Gasteiger partial charge in [-0.05, 0) is 49.8 Å². The molecule has 0 spiro atoms. The maximum atomic E-state index is 12.5. The smallest absolute Gasteiger partial charge is 0.379 e. The molecule has 0 saturated carbocycles. The van der Waals surface area contributed by atoms with E-state index in [2.05, 4.69) is 5.32 Å². The first kappa shape index (κ1) is 20.7. The Kier molecular flexibility index (Phi) is 6.18. The molecule has 0 aliphatic carbocycles. The van der Waals surface area contributed by atoms with Crippen LogP contribution in [0.1, 0.15) is 30.0 Å². The summed E-state index contributed by atoms with van der Waals surface area (Å²) in [7, 11) is 1.43. The summed E-state index contributed by atoms with van der Waals surface area (Å²) < 4.78 is 16.2. The fraction of sp³-hybridized carbons (Fsp3) is 0.174. The number of carbonyl (C=O) groups excluding carboxylic acids is 2. The van der Waals surface area contributed by atoms with Gasteiger partial charge >= 0.3 is 5.97 Å². The summed E-state index contributed by atoms with van der Waals surface area (Å²) in [6.45, 7) is 3.61. The predicted octanol–water partition coefficient (Wildman–Crippen LogP) is 4.09. The third-order valence-corrected chi connectivity index (χ3v) is 4.11. The maximum Gasteiger partial charge on any atom is 0.379 e. The minimum atomic E-state index is -0.665. The third-order valence-electron chi connectivity index (χ3n) is 4.11. The Bertz CT molecular complexity index is 1130. The van der Waals surface area contributed by atoms with E-state index in [9.17, 15) is 14.9 Å². The van der Waals surface area contributed by atoms with E-state index in [1.54, 1.807) is 38.1 Å². The highest BCUT2D eigenvalue weighted by atomic mass is 16.6. The van der Waals surface area contributed by atoms with Gasteiger partial charge in [0.15, 0.2) is 11.5 Å². The first-order valence-electron chi connectivity index (χ1n) is 9.22. The number of para-hydroxylation sites is 1. The molecular formula is C23H20N2O5. The Morgan fingerprint density at radius 1 is 1.13 bits per heavy atom. The standard InChI is InChI=1S/C23H20N2O5/c1-14(2)25-22(26)17(13-24)10-15-8-9-19(20(11-15)28-3)30-23(27)21-12-16-6-4-5-7-18(16)29-21/h4-12,14H,1-3H3,(H,25,26)/b17-10+. The van der Waals surface area contributed by atoms with E-state index in [1.807, 2.05) is 24.3 Å². The van der Waals surface area contributed by atoms with E-state index in [0.29, 0.717) is 11.1 Å². The van der Waals surface area contributed by atoms with Gasteiger partial charge in [0.2, 0.25) is 5.76 Å². The number of hydrogen-bond donors (Lipinski definition) is 1. The first-order chi connectivity index (χ1) is 14.4. The van der Waals surface area contributed by atoms with Crippen LogP contribution in [-0.2, 0) is 4.79 Å². The highest BCUT2D eigenvalue weighted by Crippen LogP contribution is 2.30. The number of fused-ring (bicyclic) bond motifs is 1. The number of nitrogens with zero attached hydrogens (tertiary/aromatic N) is 1. The van der Waals surface area contributed by atoms with Crippen LogP contribution in [0.25, 0.3) is 17.0 Å². The number of furan rings is 1. The molecule has 152 valence electrons. The van der Waals surface area contributed by atoms with Crippen molar-refractivity contribution in [2.45, 2.75) is 19.9 Å². The fourth-order valence-corrected chi connectivity index (χ4v) is 2.75. The second-order valence-electron chi connectivity index (χ2n) is 6.75. The molecule has 0 aliphatic rings. The van der Waals surface area contributed by atoms with E-state index in [0.717, 1.165) is 5.39 Å². The molecule has 1 aromatic heterocycles. The Balaban J connectivity index is 1.83. The van der Waals surface area contributed by atoms with Crippen LogP contribution in [0, 0.1) is 11.3 Å². The molecule has 2 aromatic carbocycles. The van der Waals surface area contributed by atoms with E-state index in [-0.39, 0.29) is 28.9 Å². The molecule has 0 atom stereocenters. The lowest BCUT2D eigenvalue weighted by Gasteiger charge is -2.10. The van der Waals surface area contributed by atoms with Crippen LogP contribution in [0.3, 0.4) is 0 Å². The third kappa shape index (κ3) is 4.67. The van der Waals surface area contributed by atoms with Gasteiger partial charge in [0.1, 0.15) is 17.2 Å². The number of hydrogen-bond acceptors (Lipinski definition) is 6. The maximum absolute atomic E-state index is 12.5. The lowest BCUT2D eigenvalue weighted by atomic mass is 10.1. The summed E-state index contributed by atoms with van der Waals surface area (Å²) in [6.07, 6.45) is 1.44. The molecule has 3 aromatic rings. The Morgan fingerprint density at radius 3 is 2.57 bits per heavy atom. The van der Waals surface area contributed by atoms with E-state index < -0.39 is 11.9 Å². The SMILES string of the molecule is COc1cc(/C=C(\C#N)C(=O)NC(C)C)ccc1OC(=O)c1cc2ccccc2o1. The minimum Gasteiger partial charge on any atom is -0.493 e. The molecule has 0 fully saturated rings. The number of carbonyl (C=O) groups is 2. The summed E-state index contributed by atoms with van der Waals surface area (Å²) in [4.78, 5) is 24.5. The molecule has 1 amide bonds. The summed E-state index contributed by atoms with van der Waals surface area (Å²) in [5.41, 5.74) is 1.09. The number of benzene rings is 2. The zero-order valence-electron chi connectivity index (χ0n) is 16.8. The molecule has 0 unspecified atom stereocenters. The predicted molar refractivity (Wildman–Crippen MR) is 111 cm³/mol. The summed E-state index contributed by atoms with van der Waals surface area (Å²) >= 11 is 0. The number of ether oxygens (including phenoxy) is 2. The lowest BCUT2D eigenvalue weighted by Crippen LogP contribution is -2.30. The van der Waals surface area contributed by atoms with Crippen molar-refractivity contribution in [1.29, 1.82) is 5.26 Å². The topological polar surface area (TPSA) is 102 Å². The quantitative estimate of drug-likeness (QED) is 0.287. The summed E-state index contributed by atoms with van der Waals surface area (Å²) in [6, 6.07) is 15.4. The molecular weight excluding hydrogens is 384 g/mol. The molecule has 3 rings (SSSR count). The van der Waals surface area contributed by atoms with E-state index >= 15 is 0 Å². The van der Waals surface area contributed by atoms with Gasteiger partial charge in [0.25, 0.3) is 5.91 Å². The molecule has 0 aliphatic heterocycles. The van der Waals surface area contributed by atoms with Crippen LogP contribution in [0.15, 0.2) is 58.5 Å². The van der Waals surface area contributed by atoms with Gasteiger partial charge in [-0.1, -0.05) is 24.3 Å². The van der Waals surface area contributed by atoms with Gasteiger partial charge in [0.05, 0.1) is 7.11 Å². The molecule has 7 nitrogen and oxygen atoms in total. The van der Waals surface area contributed by atoms with E-state index in [1.165, 1.54) is 19.3 Å². The zero-order chi connectivity index (χ0) is 21.7. The van der Waals surface area contributed by atoms with Crippen molar-refractivity contribution in [3.05, 3.63) is 65.4 Å². The second kappa shape index (κ2) is 8.97. The van der Waals surface area contributed by atoms with Gasteiger partial charge < -0.3 is 19.2 Å². The second-order valence-corrected chi connectivity index (χ2v) is 6.75. The highest BCUT2D eigenvalue weighted by Gasteiger charge is 2.17. The minimum absolute atomic E-state index is 0.0437. The number of esters is 1. The number of nitrogens with one attached hydrogen (secondary N) is 1. The molecule has 30 heavy (non-hydrogen) atoms. The number of nitriles is 1. The van der Waals surface area contributed by atoms with Crippen molar-refractivity contribution in [2.75, 3.05) is 7.11 Å². The van der Waals surface area contributed by atoms with Crippen LogP contribution in [0.4, 0.5) is 0 Å². The van der Waals surface area contributed by atoms with Gasteiger partial charge in [-0.25, -0.2) is 4.79 Å². The van der Waals surface area contributed by atoms with E-state index in [4.69, 9.17) is 13.9 Å². The van der Waals surface area contributed by atoms with Crippen LogP contribution in [-0.4, -0.2) is 25.0 Å². The van der Waals surface area contributed by atoms with Crippen LogP contribution in [0.2, 0.25) is 0 Å². The van der Waals surface area contributed by atoms with Crippen LogP contribution < -0.4 is 14.8 Å². The first-order valence-corrected chi connectivity index (χ1v) is 9.22. The summed E-state index contributed by atoms with van der Waals surface area (Å²) in [5.74, 6) is -0.604. The highest BCUT2D eigenvalue weighted by molar-refractivity contribution is 6.02. The summed E-state index contributed by atoms with van der Waals surface area (Å²) in [5, 5.41) is 12.7. The molecule has 0 bridgehead atoms. The van der Waals surface area contributed by atoms with Gasteiger partial charge in [-0.3, -0.25) is 4.79 Å².